The summed E-state index contributed by atoms with van der Waals surface area (Å²) in [6.45, 7) is 6.23. The Morgan fingerprint density at radius 2 is 1.22 bits per heavy atom. The minimum atomic E-state index is -2.87. The molecule has 4 fully saturated rings. The van der Waals surface area contributed by atoms with E-state index in [0.29, 0.717) is 11.8 Å². The molecule has 1 saturated heterocycles. The zero-order valence-corrected chi connectivity index (χ0v) is 17.1. The normalized spacial score (nSPS) is 47.8. The van der Waals surface area contributed by atoms with Crippen LogP contribution in [0.3, 0.4) is 0 Å². The van der Waals surface area contributed by atoms with E-state index in [9.17, 15) is 8.78 Å². The maximum atomic E-state index is 14.4. The van der Waals surface area contributed by atoms with Crippen LogP contribution in [-0.2, 0) is 4.74 Å². The molecule has 3 saturated carbocycles. The molecule has 3 heteroatoms. The molecular formula is C24H38F2O. The van der Waals surface area contributed by atoms with Gasteiger partial charge < -0.3 is 4.74 Å². The van der Waals surface area contributed by atoms with Gasteiger partial charge in [0.25, 0.3) is 0 Å². The fraction of sp³-hybridized carbons (Fsp3) is 0.917. The lowest BCUT2D eigenvalue weighted by atomic mass is 9.63. The number of hydrogen-bond donors (Lipinski definition) is 0. The van der Waals surface area contributed by atoms with E-state index in [1.807, 2.05) is 0 Å². The third-order valence-corrected chi connectivity index (χ3v) is 8.70. The Hall–Kier alpha value is -0.440. The summed E-state index contributed by atoms with van der Waals surface area (Å²) >= 11 is 0. The zero-order chi connectivity index (χ0) is 19.0. The van der Waals surface area contributed by atoms with Crippen molar-refractivity contribution in [2.24, 2.45) is 41.4 Å². The molecule has 2 atom stereocenters. The smallest absolute Gasteiger partial charge is 0.316 e. The van der Waals surface area contributed by atoms with Crippen molar-refractivity contribution >= 4 is 0 Å². The second-order valence-corrected chi connectivity index (χ2v) is 10.3. The lowest BCUT2D eigenvalue weighted by Gasteiger charge is -2.53. The van der Waals surface area contributed by atoms with Crippen molar-refractivity contribution in [3.05, 3.63) is 12.7 Å². The molecule has 0 unspecified atom stereocenters. The Bertz CT molecular complexity index is 495. The van der Waals surface area contributed by atoms with Crippen LogP contribution in [0.4, 0.5) is 8.78 Å². The highest BCUT2D eigenvalue weighted by Gasteiger charge is 2.62. The van der Waals surface area contributed by atoms with Crippen molar-refractivity contribution in [3.8, 4) is 0 Å². The van der Waals surface area contributed by atoms with Crippen LogP contribution in [0.25, 0.3) is 0 Å². The first-order valence-corrected chi connectivity index (χ1v) is 11.7. The zero-order valence-electron chi connectivity index (χ0n) is 17.1. The summed E-state index contributed by atoms with van der Waals surface area (Å²) in [5.41, 5.74) is 0. The first-order valence-electron chi connectivity index (χ1n) is 11.7. The van der Waals surface area contributed by atoms with Gasteiger partial charge in [0.15, 0.2) is 0 Å². The minimum Gasteiger partial charge on any atom is -0.316 e. The van der Waals surface area contributed by atoms with Gasteiger partial charge in [-0.2, -0.15) is 8.78 Å². The van der Waals surface area contributed by atoms with E-state index in [2.05, 4.69) is 19.6 Å². The molecule has 0 aromatic heterocycles. The van der Waals surface area contributed by atoms with Gasteiger partial charge in [-0.05, 0) is 99.7 Å². The number of rotatable bonds is 4. The van der Waals surface area contributed by atoms with Gasteiger partial charge in [-0.15, -0.1) is 6.58 Å². The molecule has 3 aliphatic carbocycles. The predicted molar refractivity (Wildman–Crippen MR) is 106 cm³/mol. The molecule has 1 aliphatic heterocycles. The molecule has 154 valence electrons. The third-order valence-electron chi connectivity index (χ3n) is 8.70. The molecular weight excluding hydrogens is 342 g/mol. The monoisotopic (exact) mass is 380 g/mol. The first kappa shape index (κ1) is 19.9. The van der Waals surface area contributed by atoms with Crippen LogP contribution < -0.4 is 0 Å². The van der Waals surface area contributed by atoms with Crippen molar-refractivity contribution in [2.45, 2.75) is 96.2 Å². The predicted octanol–water partition coefficient (Wildman–Crippen LogP) is 7.22. The van der Waals surface area contributed by atoms with Gasteiger partial charge in [-0.1, -0.05) is 25.8 Å². The van der Waals surface area contributed by atoms with E-state index in [-0.39, 0.29) is 12.0 Å². The van der Waals surface area contributed by atoms with E-state index in [4.69, 9.17) is 4.74 Å². The molecule has 1 nitrogen and oxygen atoms in total. The quantitative estimate of drug-likeness (QED) is 0.468. The number of hydrogen-bond acceptors (Lipinski definition) is 1. The number of alkyl halides is 2. The maximum Gasteiger partial charge on any atom is 0.361 e. The average Bonchev–Trinajstić information content (AvgIpc) is 2.68. The Morgan fingerprint density at radius 1 is 0.741 bits per heavy atom. The van der Waals surface area contributed by atoms with Crippen LogP contribution in [-0.4, -0.2) is 12.2 Å². The number of ether oxygens (including phenoxy) is 1. The Labute approximate surface area is 164 Å². The van der Waals surface area contributed by atoms with Crippen LogP contribution in [0.2, 0.25) is 0 Å². The molecule has 0 bridgehead atoms. The first-order chi connectivity index (χ1) is 13.0. The van der Waals surface area contributed by atoms with Gasteiger partial charge in [0.2, 0.25) is 0 Å². The highest BCUT2D eigenvalue weighted by molar-refractivity contribution is 4.98. The largest absolute Gasteiger partial charge is 0.361 e. The third kappa shape index (κ3) is 4.14. The summed E-state index contributed by atoms with van der Waals surface area (Å²) in [4.78, 5) is 0. The Balaban J connectivity index is 1.30. The van der Waals surface area contributed by atoms with Crippen molar-refractivity contribution < 1.29 is 13.5 Å². The van der Waals surface area contributed by atoms with Crippen molar-refractivity contribution in [1.82, 2.24) is 0 Å². The highest BCUT2D eigenvalue weighted by Crippen LogP contribution is 2.55. The highest BCUT2D eigenvalue weighted by atomic mass is 19.3. The van der Waals surface area contributed by atoms with Crippen molar-refractivity contribution in [3.63, 3.8) is 0 Å². The minimum absolute atomic E-state index is 0.169. The van der Waals surface area contributed by atoms with Crippen LogP contribution in [0.1, 0.15) is 84.0 Å². The van der Waals surface area contributed by atoms with Crippen LogP contribution in [0.15, 0.2) is 12.7 Å². The maximum absolute atomic E-state index is 14.4. The molecule has 0 radical (unpaired) electrons. The van der Waals surface area contributed by atoms with Gasteiger partial charge in [-0.3, -0.25) is 0 Å². The molecule has 4 rings (SSSR count). The summed E-state index contributed by atoms with van der Waals surface area (Å²) < 4.78 is 33.9. The van der Waals surface area contributed by atoms with Crippen LogP contribution in [0.5, 0.6) is 0 Å². The van der Waals surface area contributed by atoms with Gasteiger partial charge in [-0.25, -0.2) is 0 Å². The number of allylic oxidation sites excluding steroid dienone is 1. The fourth-order valence-electron chi connectivity index (χ4n) is 6.83. The molecule has 27 heavy (non-hydrogen) atoms. The summed E-state index contributed by atoms with van der Waals surface area (Å²) in [6.07, 6.45) is 13.1. The lowest BCUT2D eigenvalue weighted by Crippen LogP contribution is -2.61. The Kier molecular flexibility index (Phi) is 5.98. The van der Waals surface area contributed by atoms with Gasteiger partial charge in [0.05, 0.1) is 12.0 Å². The van der Waals surface area contributed by atoms with E-state index >= 15 is 0 Å². The Morgan fingerprint density at radius 3 is 1.74 bits per heavy atom. The standard InChI is InChI=1S/C24H38F2O/c1-3-17-6-10-18(11-7-17)19-12-14-20(15-13-19)22-23(27-24(22,25)26)21-8-4-16(2)5-9-21/h3,16-23H,1,4-15H2,2H3/t16?,17?,18?,19?,20?,21?,22-,23-/m0/s1. The summed E-state index contributed by atoms with van der Waals surface area (Å²) in [5.74, 6) is 3.12. The van der Waals surface area contributed by atoms with Crippen molar-refractivity contribution in [1.29, 1.82) is 0 Å². The SMILES string of the molecule is C=CC1CCC(C2CCC([C@H]3[C@H](C4CCC(C)CC4)OC3(F)F)CC2)CC1. The lowest BCUT2D eigenvalue weighted by molar-refractivity contribution is -0.418. The average molecular weight is 381 g/mol. The summed E-state index contributed by atoms with van der Waals surface area (Å²) in [6, 6.07) is 0. The van der Waals surface area contributed by atoms with Gasteiger partial charge in [0.1, 0.15) is 0 Å². The summed E-state index contributed by atoms with van der Waals surface area (Å²) in [5, 5.41) is 0. The molecule has 0 spiro atoms. The van der Waals surface area contributed by atoms with E-state index in [1.165, 1.54) is 38.5 Å². The molecule has 0 amide bonds. The van der Waals surface area contributed by atoms with Gasteiger partial charge >= 0.3 is 6.11 Å². The number of halogens is 2. The van der Waals surface area contributed by atoms with E-state index in [0.717, 1.165) is 56.3 Å². The molecule has 0 N–H and O–H groups in total. The fourth-order valence-corrected chi connectivity index (χ4v) is 6.83. The molecule has 1 heterocycles. The van der Waals surface area contributed by atoms with Crippen molar-refractivity contribution in [2.75, 3.05) is 0 Å². The van der Waals surface area contributed by atoms with E-state index in [1.54, 1.807) is 0 Å². The second kappa shape index (κ2) is 8.13. The van der Waals surface area contributed by atoms with Crippen LogP contribution in [0, 0.1) is 41.4 Å². The summed E-state index contributed by atoms with van der Waals surface area (Å²) in [7, 11) is 0. The second-order valence-electron chi connectivity index (χ2n) is 10.3. The molecule has 0 aromatic carbocycles. The molecule has 4 aliphatic rings. The van der Waals surface area contributed by atoms with E-state index < -0.39 is 12.0 Å². The topological polar surface area (TPSA) is 9.23 Å². The van der Waals surface area contributed by atoms with Crippen LogP contribution >= 0.6 is 0 Å². The van der Waals surface area contributed by atoms with Gasteiger partial charge in [0, 0.05) is 0 Å². The molecule has 0 aromatic rings.